The van der Waals surface area contributed by atoms with Gasteiger partial charge in [-0.05, 0) is 36.4 Å². The number of phenols is 1. The molecule has 1 atom stereocenters. The molecule has 2 rings (SSSR count). The van der Waals surface area contributed by atoms with Crippen molar-refractivity contribution in [1.82, 2.24) is 0 Å². The number of aromatic hydroxyl groups is 1. The molecule has 0 saturated heterocycles. The number of phenolic OH excluding ortho intramolecular Hbond substituents is 1. The van der Waals surface area contributed by atoms with Gasteiger partial charge in [0.15, 0.2) is 11.5 Å². The monoisotopic (exact) mass is 272 g/mol. The van der Waals surface area contributed by atoms with Crippen LogP contribution >= 0.6 is 0 Å². The van der Waals surface area contributed by atoms with E-state index in [0.717, 1.165) is 0 Å². The van der Waals surface area contributed by atoms with Gasteiger partial charge < -0.3 is 14.9 Å². The van der Waals surface area contributed by atoms with E-state index in [9.17, 15) is 15.0 Å². The number of methoxy groups -OCH3 is 1. The summed E-state index contributed by atoms with van der Waals surface area (Å²) in [5.41, 5.74) is 0.518. The third-order valence-corrected chi connectivity index (χ3v) is 3.10. The van der Waals surface area contributed by atoms with Gasteiger partial charge in [0, 0.05) is 17.9 Å². The lowest BCUT2D eigenvalue weighted by atomic mass is 9.97. The zero-order chi connectivity index (χ0) is 14.5. The van der Waals surface area contributed by atoms with E-state index in [1.165, 1.54) is 25.3 Å². The second-order valence-corrected chi connectivity index (χ2v) is 4.51. The molecule has 0 amide bonds. The summed E-state index contributed by atoms with van der Waals surface area (Å²) in [5, 5.41) is 18.7. The molecule has 0 spiro atoms. The molecule has 20 heavy (non-hydrogen) atoms. The number of ketones is 1. The van der Waals surface area contributed by atoms with E-state index in [1.54, 1.807) is 24.3 Å². The first-order valence-electron chi connectivity index (χ1n) is 6.26. The maximum atomic E-state index is 11.9. The van der Waals surface area contributed by atoms with Gasteiger partial charge in [-0.2, -0.15) is 0 Å². The zero-order valence-corrected chi connectivity index (χ0v) is 11.1. The highest BCUT2D eigenvalue weighted by molar-refractivity contribution is 6.04. The maximum absolute atomic E-state index is 11.9. The average Bonchev–Trinajstić information content (AvgIpc) is 2.46. The fraction of sp³-hybridized carbons (Fsp3) is 0.188. The van der Waals surface area contributed by atoms with Crippen molar-refractivity contribution in [2.45, 2.75) is 6.42 Å². The summed E-state index contributed by atoms with van der Waals surface area (Å²) < 4.78 is 5.07. The third-order valence-electron chi connectivity index (χ3n) is 3.10. The van der Waals surface area contributed by atoms with Crippen LogP contribution in [0.3, 0.4) is 0 Å². The smallest absolute Gasteiger partial charge is 0.185 e. The van der Waals surface area contributed by atoms with Crippen molar-refractivity contribution in [3.8, 4) is 5.75 Å². The lowest BCUT2D eigenvalue weighted by Crippen LogP contribution is -2.05. The van der Waals surface area contributed by atoms with Gasteiger partial charge in [-0.15, -0.1) is 0 Å². The number of carbonyl (C=O) groups is 1. The Labute approximate surface area is 117 Å². The van der Waals surface area contributed by atoms with Crippen LogP contribution in [0.15, 0.2) is 60.1 Å². The lowest BCUT2D eigenvalue weighted by Gasteiger charge is -2.16. The van der Waals surface area contributed by atoms with Crippen molar-refractivity contribution in [3.05, 3.63) is 65.7 Å². The molecule has 0 aliphatic heterocycles. The van der Waals surface area contributed by atoms with Crippen LogP contribution in [-0.4, -0.2) is 23.1 Å². The Morgan fingerprint density at radius 1 is 1.30 bits per heavy atom. The van der Waals surface area contributed by atoms with Crippen LogP contribution in [0.5, 0.6) is 5.75 Å². The number of rotatable bonds is 4. The molecule has 0 bridgehead atoms. The van der Waals surface area contributed by atoms with E-state index in [2.05, 4.69) is 0 Å². The number of hydrogen-bond donors (Lipinski definition) is 2. The van der Waals surface area contributed by atoms with Gasteiger partial charge in [0.1, 0.15) is 11.5 Å². The van der Waals surface area contributed by atoms with Crippen LogP contribution < -0.4 is 0 Å². The number of allylic oxidation sites excluding steroid dienone is 5. The first kappa shape index (κ1) is 13.9. The first-order chi connectivity index (χ1) is 9.60. The van der Waals surface area contributed by atoms with E-state index in [4.69, 9.17) is 4.74 Å². The highest BCUT2D eigenvalue weighted by Crippen LogP contribution is 2.24. The summed E-state index contributed by atoms with van der Waals surface area (Å²) in [5.74, 6) is 0.658. The van der Waals surface area contributed by atoms with Crippen LogP contribution in [0.2, 0.25) is 0 Å². The van der Waals surface area contributed by atoms with Gasteiger partial charge in [0.25, 0.3) is 0 Å². The quantitative estimate of drug-likeness (QED) is 0.652. The molecule has 0 saturated carbocycles. The molecule has 0 heterocycles. The number of aliphatic hydroxyl groups is 1. The number of benzene rings is 1. The first-order valence-corrected chi connectivity index (χ1v) is 6.26. The second kappa shape index (κ2) is 6.10. The van der Waals surface area contributed by atoms with Crippen LogP contribution in [0.4, 0.5) is 0 Å². The summed E-state index contributed by atoms with van der Waals surface area (Å²) in [4.78, 5) is 11.9. The van der Waals surface area contributed by atoms with Crippen molar-refractivity contribution < 1.29 is 19.7 Å². The minimum atomic E-state index is -0.129. The summed E-state index contributed by atoms with van der Waals surface area (Å²) in [6.07, 6.45) is 7.19. The molecule has 0 radical (unpaired) electrons. The molecule has 0 aromatic heterocycles. The van der Waals surface area contributed by atoms with Gasteiger partial charge in [0.05, 0.1) is 7.11 Å². The Hall–Kier alpha value is -2.49. The molecule has 104 valence electrons. The predicted molar refractivity (Wildman–Crippen MR) is 75.5 cm³/mol. The van der Waals surface area contributed by atoms with Crippen molar-refractivity contribution in [3.63, 3.8) is 0 Å². The SMILES string of the molecule is COC1=C(O)C=CC(C=CC(=O)c2ccc(O)cc2)C1. The highest BCUT2D eigenvalue weighted by atomic mass is 16.5. The van der Waals surface area contributed by atoms with Gasteiger partial charge >= 0.3 is 0 Å². The van der Waals surface area contributed by atoms with Gasteiger partial charge in [-0.25, -0.2) is 0 Å². The number of hydrogen-bond acceptors (Lipinski definition) is 4. The summed E-state index contributed by atoms with van der Waals surface area (Å²) in [6, 6.07) is 6.10. The van der Waals surface area contributed by atoms with Crippen LogP contribution in [0.25, 0.3) is 0 Å². The normalized spacial score (nSPS) is 18.6. The standard InChI is InChI=1S/C16H16O4/c1-20-16-10-11(3-9-15(16)19)2-8-14(18)12-4-6-13(17)7-5-12/h2-9,11,17,19H,10H2,1H3. The molecule has 2 N–H and O–H groups in total. The topological polar surface area (TPSA) is 66.8 Å². The summed E-state index contributed by atoms with van der Waals surface area (Å²) in [6.45, 7) is 0. The van der Waals surface area contributed by atoms with Crippen molar-refractivity contribution in [2.24, 2.45) is 5.92 Å². The lowest BCUT2D eigenvalue weighted by molar-refractivity contribution is 0.104. The van der Waals surface area contributed by atoms with E-state index in [1.807, 2.05) is 6.08 Å². The molecule has 1 aliphatic carbocycles. The minimum Gasteiger partial charge on any atom is -0.508 e. The van der Waals surface area contributed by atoms with Gasteiger partial charge in [-0.1, -0.05) is 12.2 Å². The number of carbonyl (C=O) groups excluding carboxylic acids is 1. The molecule has 1 aromatic carbocycles. The maximum Gasteiger partial charge on any atom is 0.185 e. The Morgan fingerprint density at radius 3 is 2.65 bits per heavy atom. The largest absolute Gasteiger partial charge is 0.508 e. The second-order valence-electron chi connectivity index (χ2n) is 4.51. The highest BCUT2D eigenvalue weighted by Gasteiger charge is 2.14. The van der Waals surface area contributed by atoms with Crippen molar-refractivity contribution in [1.29, 1.82) is 0 Å². The number of aliphatic hydroxyl groups excluding tert-OH is 1. The Kier molecular flexibility index (Phi) is 4.25. The molecule has 1 aromatic rings. The zero-order valence-electron chi connectivity index (χ0n) is 11.1. The Morgan fingerprint density at radius 2 is 2.00 bits per heavy atom. The molecule has 1 unspecified atom stereocenters. The minimum absolute atomic E-state index is 0.0157. The van der Waals surface area contributed by atoms with Crippen molar-refractivity contribution >= 4 is 5.78 Å². The Balaban J connectivity index is 2.02. The van der Waals surface area contributed by atoms with Gasteiger partial charge in [-0.3, -0.25) is 4.79 Å². The van der Waals surface area contributed by atoms with Crippen LogP contribution in [0, 0.1) is 5.92 Å². The summed E-state index contributed by atoms with van der Waals surface area (Å²) in [7, 11) is 1.51. The van der Waals surface area contributed by atoms with E-state index in [0.29, 0.717) is 17.7 Å². The van der Waals surface area contributed by atoms with Crippen LogP contribution in [-0.2, 0) is 4.74 Å². The molecule has 1 aliphatic rings. The average molecular weight is 272 g/mol. The van der Waals surface area contributed by atoms with Crippen LogP contribution in [0.1, 0.15) is 16.8 Å². The summed E-state index contributed by atoms with van der Waals surface area (Å²) >= 11 is 0. The van der Waals surface area contributed by atoms with Crippen molar-refractivity contribution in [2.75, 3.05) is 7.11 Å². The molecular formula is C16H16O4. The molecule has 4 nitrogen and oxygen atoms in total. The fourth-order valence-corrected chi connectivity index (χ4v) is 1.95. The fourth-order valence-electron chi connectivity index (χ4n) is 1.95. The van der Waals surface area contributed by atoms with E-state index < -0.39 is 0 Å². The van der Waals surface area contributed by atoms with Gasteiger partial charge in [0.2, 0.25) is 0 Å². The molecule has 0 fully saturated rings. The number of ether oxygens (including phenoxy) is 1. The van der Waals surface area contributed by atoms with E-state index >= 15 is 0 Å². The molecular weight excluding hydrogens is 256 g/mol. The third kappa shape index (κ3) is 3.29. The Bertz CT molecular complexity index is 579. The van der Waals surface area contributed by atoms with E-state index in [-0.39, 0.29) is 23.2 Å². The molecule has 4 heteroatoms. The predicted octanol–water partition coefficient (Wildman–Crippen LogP) is 3.12.